The van der Waals surface area contributed by atoms with Crippen molar-refractivity contribution in [3.8, 4) is 17.2 Å². The second-order valence-corrected chi connectivity index (χ2v) is 5.10. The topological polar surface area (TPSA) is 44.8 Å². The number of ether oxygens (including phenoxy) is 3. The molecule has 0 fully saturated rings. The highest BCUT2D eigenvalue weighted by molar-refractivity contribution is 6.30. The molecule has 0 unspecified atom stereocenters. The second-order valence-electron chi connectivity index (χ2n) is 4.67. The van der Waals surface area contributed by atoms with Crippen LogP contribution in [0.2, 0.25) is 5.02 Å². The predicted molar refractivity (Wildman–Crippen MR) is 90.9 cm³/mol. The quantitative estimate of drug-likeness (QED) is 0.585. The fourth-order valence-corrected chi connectivity index (χ4v) is 2.30. The van der Waals surface area contributed by atoms with Gasteiger partial charge in [-0.15, -0.1) is 0 Å². The van der Waals surface area contributed by atoms with E-state index in [1.54, 1.807) is 30.3 Å². The summed E-state index contributed by atoms with van der Waals surface area (Å²) in [5, 5.41) is 0.618. The summed E-state index contributed by atoms with van der Waals surface area (Å²) in [5.41, 5.74) is 1.29. The van der Waals surface area contributed by atoms with Crippen LogP contribution in [-0.2, 0) is 0 Å². The van der Waals surface area contributed by atoms with Crippen LogP contribution in [0.3, 0.4) is 0 Å². The third-order valence-corrected chi connectivity index (χ3v) is 3.46. The fourth-order valence-electron chi connectivity index (χ4n) is 2.10. The monoisotopic (exact) mass is 332 g/mol. The van der Waals surface area contributed by atoms with Crippen LogP contribution in [0.15, 0.2) is 42.5 Å². The van der Waals surface area contributed by atoms with E-state index in [1.165, 1.54) is 27.4 Å². The van der Waals surface area contributed by atoms with E-state index in [0.29, 0.717) is 27.8 Å². The molecule has 0 aromatic heterocycles. The van der Waals surface area contributed by atoms with Crippen molar-refractivity contribution in [2.45, 2.75) is 0 Å². The van der Waals surface area contributed by atoms with Crippen LogP contribution in [0.1, 0.15) is 15.9 Å². The molecular weight excluding hydrogens is 316 g/mol. The first-order valence-electron chi connectivity index (χ1n) is 6.87. The van der Waals surface area contributed by atoms with Crippen molar-refractivity contribution in [2.75, 3.05) is 21.3 Å². The molecule has 0 radical (unpaired) electrons. The molecule has 2 aromatic rings. The van der Waals surface area contributed by atoms with Crippen molar-refractivity contribution >= 4 is 23.5 Å². The van der Waals surface area contributed by atoms with E-state index in [2.05, 4.69) is 0 Å². The Labute approximate surface area is 140 Å². The Morgan fingerprint density at radius 3 is 2.17 bits per heavy atom. The average molecular weight is 333 g/mol. The number of methoxy groups -OCH3 is 3. The third kappa shape index (κ3) is 4.05. The van der Waals surface area contributed by atoms with Gasteiger partial charge >= 0.3 is 0 Å². The van der Waals surface area contributed by atoms with Crippen LogP contribution >= 0.6 is 11.6 Å². The number of carbonyl (C=O) groups excluding carboxylic acids is 1. The number of carbonyl (C=O) groups is 1. The van der Waals surface area contributed by atoms with Gasteiger partial charge in [0.15, 0.2) is 17.3 Å². The number of benzene rings is 2. The van der Waals surface area contributed by atoms with Gasteiger partial charge in [-0.05, 0) is 35.9 Å². The Balaban J connectivity index is 2.32. The van der Waals surface area contributed by atoms with Gasteiger partial charge in [-0.3, -0.25) is 4.79 Å². The summed E-state index contributed by atoms with van der Waals surface area (Å²) in [7, 11) is 4.53. The van der Waals surface area contributed by atoms with Gasteiger partial charge in [0.05, 0.1) is 21.3 Å². The second kappa shape index (κ2) is 7.70. The summed E-state index contributed by atoms with van der Waals surface area (Å²) in [4.78, 5) is 12.4. The highest BCUT2D eigenvalue weighted by Crippen LogP contribution is 2.38. The van der Waals surface area contributed by atoms with Gasteiger partial charge in [0.2, 0.25) is 5.75 Å². The molecule has 4 nitrogen and oxygen atoms in total. The molecule has 0 aliphatic heterocycles. The third-order valence-electron chi connectivity index (χ3n) is 3.23. The van der Waals surface area contributed by atoms with E-state index >= 15 is 0 Å². The highest BCUT2D eigenvalue weighted by Gasteiger charge is 2.15. The lowest BCUT2D eigenvalue weighted by molar-refractivity contribution is 0.104. The zero-order chi connectivity index (χ0) is 16.8. The first-order valence-corrected chi connectivity index (χ1v) is 7.24. The van der Waals surface area contributed by atoms with Gasteiger partial charge < -0.3 is 14.2 Å². The number of hydrogen-bond donors (Lipinski definition) is 0. The van der Waals surface area contributed by atoms with Crippen LogP contribution in [-0.4, -0.2) is 27.1 Å². The Morgan fingerprint density at radius 2 is 1.65 bits per heavy atom. The SMILES string of the molecule is COc1cc(C(=O)/C=C/c2cccc(Cl)c2)cc(OC)c1OC. The molecule has 0 spiro atoms. The molecule has 2 rings (SSSR count). The minimum absolute atomic E-state index is 0.177. The summed E-state index contributed by atoms with van der Waals surface area (Å²) in [6, 6.07) is 10.5. The molecule has 120 valence electrons. The molecule has 0 saturated heterocycles. The molecule has 0 aliphatic carbocycles. The molecule has 0 N–H and O–H groups in total. The summed E-state index contributed by atoms with van der Waals surface area (Å²) >= 11 is 5.92. The zero-order valence-corrected chi connectivity index (χ0v) is 13.9. The summed E-state index contributed by atoms with van der Waals surface area (Å²) in [6.07, 6.45) is 3.18. The Kier molecular flexibility index (Phi) is 5.66. The molecule has 0 bridgehead atoms. The Bertz CT molecular complexity index is 713. The number of rotatable bonds is 6. The van der Waals surface area contributed by atoms with Crippen molar-refractivity contribution in [2.24, 2.45) is 0 Å². The van der Waals surface area contributed by atoms with Gasteiger partial charge in [0, 0.05) is 10.6 Å². The molecule has 0 aliphatic rings. The molecule has 23 heavy (non-hydrogen) atoms. The van der Waals surface area contributed by atoms with Gasteiger partial charge in [0.25, 0.3) is 0 Å². The summed E-state index contributed by atoms with van der Waals surface area (Å²) in [5.74, 6) is 1.15. The van der Waals surface area contributed by atoms with Crippen molar-refractivity contribution in [3.05, 3.63) is 58.6 Å². The van der Waals surface area contributed by atoms with Gasteiger partial charge in [-0.2, -0.15) is 0 Å². The number of ketones is 1. The van der Waals surface area contributed by atoms with Crippen molar-refractivity contribution in [3.63, 3.8) is 0 Å². The largest absolute Gasteiger partial charge is 0.493 e. The lowest BCUT2D eigenvalue weighted by Crippen LogP contribution is -2.00. The molecule has 0 heterocycles. The summed E-state index contributed by atoms with van der Waals surface area (Å²) < 4.78 is 15.7. The standard InChI is InChI=1S/C18H17ClO4/c1-21-16-10-13(11-17(22-2)18(16)23-3)15(20)8-7-12-5-4-6-14(19)9-12/h4-11H,1-3H3/b8-7+. The fraction of sp³-hybridized carbons (Fsp3) is 0.167. The van der Waals surface area contributed by atoms with Crippen LogP contribution < -0.4 is 14.2 Å². The number of halogens is 1. The van der Waals surface area contributed by atoms with E-state index in [1.807, 2.05) is 12.1 Å². The average Bonchev–Trinajstić information content (AvgIpc) is 2.58. The highest BCUT2D eigenvalue weighted by atomic mass is 35.5. The van der Waals surface area contributed by atoms with Gasteiger partial charge in [0.1, 0.15) is 0 Å². The van der Waals surface area contributed by atoms with Gasteiger partial charge in [-0.1, -0.05) is 29.8 Å². The molecular formula is C18H17ClO4. The lowest BCUT2D eigenvalue weighted by Gasteiger charge is -2.13. The first kappa shape index (κ1) is 16.9. The minimum Gasteiger partial charge on any atom is -0.493 e. The van der Waals surface area contributed by atoms with Crippen LogP contribution in [0.4, 0.5) is 0 Å². The van der Waals surface area contributed by atoms with Crippen LogP contribution in [0.5, 0.6) is 17.2 Å². The van der Waals surface area contributed by atoms with E-state index < -0.39 is 0 Å². The Morgan fingerprint density at radius 1 is 1.00 bits per heavy atom. The van der Waals surface area contributed by atoms with E-state index in [4.69, 9.17) is 25.8 Å². The predicted octanol–water partition coefficient (Wildman–Crippen LogP) is 4.26. The van der Waals surface area contributed by atoms with Crippen LogP contribution in [0.25, 0.3) is 6.08 Å². The molecule has 0 atom stereocenters. The first-order chi connectivity index (χ1) is 11.1. The van der Waals surface area contributed by atoms with Crippen LogP contribution in [0, 0.1) is 0 Å². The maximum Gasteiger partial charge on any atom is 0.203 e. The minimum atomic E-state index is -0.177. The van der Waals surface area contributed by atoms with E-state index in [-0.39, 0.29) is 5.78 Å². The number of allylic oxidation sites excluding steroid dienone is 1. The Hall–Kier alpha value is -2.46. The smallest absolute Gasteiger partial charge is 0.203 e. The molecule has 0 amide bonds. The normalized spacial score (nSPS) is 10.6. The van der Waals surface area contributed by atoms with Gasteiger partial charge in [-0.25, -0.2) is 0 Å². The maximum atomic E-state index is 12.4. The van der Waals surface area contributed by atoms with E-state index in [0.717, 1.165) is 5.56 Å². The molecule has 0 saturated carbocycles. The molecule has 2 aromatic carbocycles. The maximum absolute atomic E-state index is 12.4. The van der Waals surface area contributed by atoms with Crippen molar-refractivity contribution < 1.29 is 19.0 Å². The molecule has 5 heteroatoms. The lowest BCUT2D eigenvalue weighted by atomic mass is 10.1. The van der Waals surface area contributed by atoms with Crippen molar-refractivity contribution in [1.82, 2.24) is 0 Å². The number of hydrogen-bond acceptors (Lipinski definition) is 4. The summed E-state index contributed by atoms with van der Waals surface area (Å²) in [6.45, 7) is 0. The van der Waals surface area contributed by atoms with Crippen molar-refractivity contribution in [1.29, 1.82) is 0 Å². The van der Waals surface area contributed by atoms with E-state index in [9.17, 15) is 4.79 Å². The zero-order valence-electron chi connectivity index (χ0n) is 13.1.